The molecule has 1 amide bonds. The standard InChI is InChI=1S/C9H6N3O3/c10-9(13)7-4-11-8-2-1-5(12(14)15)3-6(7)8/h1-4H,(H2,10,13). The van der Waals surface area contributed by atoms with Crippen LogP contribution in [0.2, 0.25) is 0 Å². The predicted octanol–water partition coefficient (Wildman–Crippen LogP) is 0.670. The quantitative estimate of drug-likeness (QED) is 0.565. The van der Waals surface area contributed by atoms with Crippen molar-refractivity contribution >= 4 is 22.9 Å². The highest BCUT2D eigenvalue weighted by Gasteiger charge is 2.22. The molecule has 1 aliphatic heterocycles. The molecule has 0 saturated carbocycles. The summed E-state index contributed by atoms with van der Waals surface area (Å²) in [5.41, 5.74) is 6.16. The molecule has 2 rings (SSSR count). The summed E-state index contributed by atoms with van der Waals surface area (Å²) >= 11 is 0. The van der Waals surface area contributed by atoms with Crippen LogP contribution in [0.4, 0.5) is 11.4 Å². The molecule has 1 radical (unpaired) electrons. The van der Waals surface area contributed by atoms with E-state index in [0.29, 0.717) is 11.3 Å². The van der Waals surface area contributed by atoms with Crippen molar-refractivity contribution in [1.29, 1.82) is 0 Å². The molecule has 1 heterocycles. The summed E-state index contributed by atoms with van der Waals surface area (Å²) in [5, 5.41) is 14.4. The van der Waals surface area contributed by atoms with Gasteiger partial charge in [-0.2, -0.15) is 0 Å². The summed E-state index contributed by atoms with van der Waals surface area (Å²) in [4.78, 5) is 21.0. The van der Waals surface area contributed by atoms with Gasteiger partial charge in [0.1, 0.15) is 0 Å². The zero-order chi connectivity index (χ0) is 11.0. The van der Waals surface area contributed by atoms with Crippen molar-refractivity contribution in [2.45, 2.75) is 0 Å². The molecular weight excluding hydrogens is 198 g/mol. The van der Waals surface area contributed by atoms with Crippen LogP contribution in [0.5, 0.6) is 0 Å². The van der Waals surface area contributed by atoms with Gasteiger partial charge >= 0.3 is 0 Å². The average molecular weight is 204 g/mol. The number of benzene rings is 1. The molecule has 75 valence electrons. The number of nitrogens with two attached hydrogens (primary N) is 1. The number of carbonyl (C=O) groups is 1. The van der Waals surface area contributed by atoms with Crippen LogP contribution >= 0.6 is 0 Å². The minimum Gasteiger partial charge on any atom is -0.366 e. The molecule has 0 aliphatic carbocycles. The molecule has 6 nitrogen and oxygen atoms in total. The first-order chi connectivity index (χ1) is 7.09. The third-order valence-electron chi connectivity index (χ3n) is 2.08. The Labute approximate surface area is 84.5 Å². The number of nitro benzene ring substituents is 1. The Bertz CT molecular complexity index is 493. The summed E-state index contributed by atoms with van der Waals surface area (Å²) in [7, 11) is 0. The smallest absolute Gasteiger partial charge is 0.270 e. The molecule has 0 bridgehead atoms. The molecule has 2 N–H and O–H groups in total. The van der Waals surface area contributed by atoms with Gasteiger partial charge in [0.05, 0.1) is 16.2 Å². The van der Waals surface area contributed by atoms with E-state index in [1.165, 1.54) is 24.4 Å². The van der Waals surface area contributed by atoms with Crippen molar-refractivity contribution in [2.75, 3.05) is 0 Å². The largest absolute Gasteiger partial charge is 0.366 e. The number of rotatable bonds is 2. The van der Waals surface area contributed by atoms with Gasteiger partial charge in [0.2, 0.25) is 0 Å². The molecule has 6 heteroatoms. The lowest BCUT2D eigenvalue weighted by atomic mass is 10.1. The predicted molar refractivity (Wildman–Crippen MR) is 52.1 cm³/mol. The lowest BCUT2D eigenvalue weighted by Gasteiger charge is -1.99. The third-order valence-corrected chi connectivity index (χ3v) is 2.08. The molecule has 0 atom stereocenters. The number of hydrogen-bond donors (Lipinski definition) is 1. The Morgan fingerprint density at radius 1 is 1.47 bits per heavy atom. The molecule has 0 fully saturated rings. The Hall–Kier alpha value is -2.37. The highest BCUT2D eigenvalue weighted by molar-refractivity contribution is 6.21. The van der Waals surface area contributed by atoms with Gasteiger partial charge in [0, 0.05) is 23.9 Å². The van der Waals surface area contributed by atoms with Crippen LogP contribution in [0.15, 0.2) is 24.4 Å². The highest BCUT2D eigenvalue weighted by Crippen LogP contribution is 2.32. The van der Waals surface area contributed by atoms with Gasteiger partial charge in [-0.25, -0.2) is 0 Å². The van der Waals surface area contributed by atoms with Crippen LogP contribution in [-0.2, 0) is 4.79 Å². The molecule has 1 aliphatic rings. The number of nitrogens with zero attached hydrogens (tertiary/aromatic N) is 2. The van der Waals surface area contributed by atoms with Crippen molar-refractivity contribution < 1.29 is 9.72 Å². The summed E-state index contributed by atoms with van der Waals surface area (Å²) < 4.78 is 0. The molecule has 0 aromatic heterocycles. The molecule has 0 unspecified atom stereocenters. The molecule has 1 aromatic rings. The normalized spacial score (nSPS) is 12.7. The van der Waals surface area contributed by atoms with E-state index in [9.17, 15) is 14.9 Å². The van der Waals surface area contributed by atoms with E-state index < -0.39 is 10.8 Å². The van der Waals surface area contributed by atoms with E-state index >= 15 is 0 Å². The zero-order valence-corrected chi connectivity index (χ0v) is 7.51. The molecule has 1 aromatic carbocycles. The highest BCUT2D eigenvalue weighted by atomic mass is 16.6. The molecule has 0 spiro atoms. The first-order valence-electron chi connectivity index (χ1n) is 4.09. The fraction of sp³-hybridized carbons (Fsp3) is 0. The van der Waals surface area contributed by atoms with E-state index in [0.717, 1.165) is 0 Å². The van der Waals surface area contributed by atoms with Gasteiger partial charge in [0.25, 0.3) is 11.6 Å². The van der Waals surface area contributed by atoms with Crippen LogP contribution in [-0.4, -0.2) is 10.8 Å². The second kappa shape index (κ2) is 3.09. The lowest BCUT2D eigenvalue weighted by molar-refractivity contribution is -0.384. The van der Waals surface area contributed by atoms with Gasteiger partial charge in [-0.3, -0.25) is 20.2 Å². The van der Waals surface area contributed by atoms with Crippen molar-refractivity contribution in [2.24, 2.45) is 5.73 Å². The number of carbonyl (C=O) groups excluding carboxylic acids is 1. The SMILES string of the molecule is NC(=O)C1=C[N]c2ccc([N+](=O)[O-])cc21. The van der Waals surface area contributed by atoms with Gasteiger partial charge in [-0.15, -0.1) is 0 Å². The molecular formula is C9H6N3O3. The van der Waals surface area contributed by atoms with E-state index in [-0.39, 0.29) is 11.3 Å². The molecule has 15 heavy (non-hydrogen) atoms. The summed E-state index contributed by atoms with van der Waals surface area (Å²) in [5.74, 6) is -0.641. The van der Waals surface area contributed by atoms with Crippen molar-refractivity contribution in [1.82, 2.24) is 5.32 Å². The van der Waals surface area contributed by atoms with Gasteiger partial charge in [-0.1, -0.05) is 0 Å². The van der Waals surface area contributed by atoms with Crippen LogP contribution in [0.3, 0.4) is 0 Å². The minimum atomic E-state index is -0.641. The maximum atomic E-state index is 11.0. The van der Waals surface area contributed by atoms with Crippen molar-refractivity contribution in [3.05, 3.63) is 40.1 Å². The fourth-order valence-electron chi connectivity index (χ4n) is 1.37. The number of nitro groups is 1. The number of amides is 1. The number of primary amides is 1. The van der Waals surface area contributed by atoms with Gasteiger partial charge in [0.15, 0.2) is 0 Å². The number of hydrogen-bond acceptors (Lipinski definition) is 3. The van der Waals surface area contributed by atoms with E-state index in [2.05, 4.69) is 5.32 Å². The number of fused-ring (bicyclic) bond motifs is 1. The lowest BCUT2D eigenvalue weighted by Crippen LogP contribution is -2.11. The Balaban J connectivity index is 2.52. The van der Waals surface area contributed by atoms with Crippen LogP contribution < -0.4 is 11.1 Å². The minimum absolute atomic E-state index is 0.0852. The van der Waals surface area contributed by atoms with Crippen molar-refractivity contribution in [3.8, 4) is 0 Å². The topological polar surface area (TPSA) is 100 Å². The first kappa shape index (κ1) is 9.20. The van der Waals surface area contributed by atoms with E-state index in [1.807, 2.05) is 0 Å². The number of non-ortho nitro benzene ring substituents is 1. The van der Waals surface area contributed by atoms with Gasteiger partial charge in [-0.05, 0) is 6.07 Å². The monoisotopic (exact) mass is 204 g/mol. The second-order valence-corrected chi connectivity index (χ2v) is 2.99. The summed E-state index contributed by atoms with van der Waals surface area (Å²) in [6.45, 7) is 0. The third kappa shape index (κ3) is 1.41. The van der Waals surface area contributed by atoms with Crippen molar-refractivity contribution in [3.63, 3.8) is 0 Å². The first-order valence-corrected chi connectivity index (χ1v) is 4.09. The Morgan fingerprint density at radius 3 is 2.80 bits per heavy atom. The zero-order valence-electron chi connectivity index (χ0n) is 7.51. The Kier molecular flexibility index (Phi) is 1.89. The maximum Gasteiger partial charge on any atom is 0.270 e. The Morgan fingerprint density at radius 2 is 2.20 bits per heavy atom. The van der Waals surface area contributed by atoms with E-state index in [1.54, 1.807) is 0 Å². The van der Waals surface area contributed by atoms with Gasteiger partial charge < -0.3 is 5.73 Å². The second-order valence-electron chi connectivity index (χ2n) is 2.99. The summed E-state index contributed by atoms with van der Waals surface area (Å²) in [6, 6.07) is 4.11. The maximum absolute atomic E-state index is 11.0. The van der Waals surface area contributed by atoms with Crippen LogP contribution in [0, 0.1) is 10.1 Å². The average Bonchev–Trinajstić information content (AvgIpc) is 2.59. The van der Waals surface area contributed by atoms with Crippen LogP contribution in [0.1, 0.15) is 5.56 Å². The van der Waals surface area contributed by atoms with E-state index in [4.69, 9.17) is 5.73 Å². The fourth-order valence-corrected chi connectivity index (χ4v) is 1.37. The summed E-state index contributed by atoms with van der Waals surface area (Å²) in [6.07, 6.45) is 1.32. The van der Waals surface area contributed by atoms with Crippen LogP contribution in [0.25, 0.3) is 5.57 Å². The molecule has 0 saturated heterocycles.